The third-order valence-corrected chi connectivity index (χ3v) is 4.85. The van der Waals surface area contributed by atoms with Gasteiger partial charge < -0.3 is 4.74 Å². The first-order chi connectivity index (χ1) is 15.2. The molecule has 0 bridgehead atoms. The van der Waals surface area contributed by atoms with Crippen molar-refractivity contribution >= 4 is 17.5 Å². The molecular formula is C22H13F3N2O5. The van der Waals surface area contributed by atoms with E-state index in [-0.39, 0.29) is 23.4 Å². The lowest BCUT2D eigenvalue weighted by atomic mass is 10.1. The highest BCUT2D eigenvalue weighted by Crippen LogP contribution is 2.40. The Kier molecular flexibility index (Phi) is 5.13. The average Bonchev–Trinajstić information content (AvgIpc) is 2.99. The molecule has 10 heteroatoms. The number of rotatable bonds is 5. The van der Waals surface area contributed by atoms with Gasteiger partial charge in [-0.2, -0.15) is 13.2 Å². The number of halogens is 3. The van der Waals surface area contributed by atoms with Crippen molar-refractivity contribution in [3.8, 4) is 11.5 Å². The first-order valence-electron chi connectivity index (χ1n) is 9.23. The summed E-state index contributed by atoms with van der Waals surface area (Å²) in [6, 6.07) is 14.7. The summed E-state index contributed by atoms with van der Waals surface area (Å²) in [5.41, 5.74) is -1.49. The van der Waals surface area contributed by atoms with E-state index in [4.69, 9.17) is 4.74 Å². The number of benzene rings is 3. The highest BCUT2D eigenvalue weighted by atomic mass is 19.4. The number of carbonyl (C=O) groups is 2. The minimum absolute atomic E-state index is 0.00700. The van der Waals surface area contributed by atoms with Gasteiger partial charge in [-0.3, -0.25) is 24.6 Å². The van der Waals surface area contributed by atoms with E-state index in [2.05, 4.69) is 0 Å². The Bertz CT molecular complexity index is 1240. The van der Waals surface area contributed by atoms with Gasteiger partial charge in [0.15, 0.2) is 0 Å². The van der Waals surface area contributed by atoms with Gasteiger partial charge in [0, 0.05) is 6.07 Å². The molecule has 0 saturated heterocycles. The second-order valence-electron chi connectivity index (χ2n) is 6.90. The predicted molar refractivity (Wildman–Crippen MR) is 105 cm³/mol. The van der Waals surface area contributed by atoms with Gasteiger partial charge in [-0.15, -0.1) is 0 Å². The molecule has 0 spiro atoms. The molecule has 1 aliphatic heterocycles. The highest BCUT2D eigenvalue weighted by molar-refractivity contribution is 6.22. The molecule has 2 amide bonds. The van der Waals surface area contributed by atoms with Gasteiger partial charge in [0.05, 0.1) is 28.2 Å². The number of imide groups is 1. The molecule has 3 aromatic rings. The largest absolute Gasteiger partial charge is 0.449 e. The van der Waals surface area contributed by atoms with Crippen LogP contribution >= 0.6 is 0 Å². The second-order valence-corrected chi connectivity index (χ2v) is 6.90. The molecule has 0 aliphatic carbocycles. The molecule has 4 rings (SSSR count). The Labute approximate surface area is 178 Å². The fourth-order valence-electron chi connectivity index (χ4n) is 3.34. The zero-order chi connectivity index (χ0) is 23.0. The molecule has 7 nitrogen and oxygen atoms in total. The number of nitrogens with zero attached hydrogens (tertiary/aromatic N) is 2. The van der Waals surface area contributed by atoms with Crippen molar-refractivity contribution in [3.63, 3.8) is 0 Å². The van der Waals surface area contributed by atoms with Crippen LogP contribution in [0, 0.1) is 10.1 Å². The van der Waals surface area contributed by atoms with E-state index < -0.39 is 39.9 Å². The number of carbonyl (C=O) groups excluding carboxylic acids is 2. The summed E-state index contributed by atoms with van der Waals surface area (Å²) in [5.74, 6) is -1.89. The van der Waals surface area contributed by atoms with Crippen LogP contribution in [-0.2, 0) is 12.7 Å². The van der Waals surface area contributed by atoms with E-state index in [1.807, 2.05) is 0 Å². The molecule has 1 aliphatic rings. The summed E-state index contributed by atoms with van der Waals surface area (Å²) < 4.78 is 44.3. The minimum Gasteiger partial charge on any atom is -0.449 e. The SMILES string of the molecule is O=C1c2cccc(Oc3ccc(C(F)(F)F)cc3[N+](=O)[O-])c2C(=O)N1Cc1ccccc1. The molecule has 0 saturated carbocycles. The van der Waals surface area contributed by atoms with Crippen LogP contribution < -0.4 is 4.74 Å². The maximum atomic E-state index is 13.0. The number of amides is 2. The summed E-state index contributed by atoms with van der Waals surface area (Å²) in [6.45, 7) is 0.00700. The number of hydrogen-bond donors (Lipinski definition) is 0. The average molecular weight is 442 g/mol. The molecule has 0 fully saturated rings. The van der Waals surface area contributed by atoms with Crippen LogP contribution in [0.15, 0.2) is 66.7 Å². The third kappa shape index (κ3) is 3.78. The fourth-order valence-corrected chi connectivity index (χ4v) is 3.34. The van der Waals surface area contributed by atoms with Crippen molar-refractivity contribution in [2.45, 2.75) is 12.7 Å². The first-order valence-corrected chi connectivity index (χ1v) is 9.23. The summed E-state index contributed by atoms with van der Waals surface area (Å²) in [4.78, 5) is 37.1. The van der Waals surface area contributed by atoms with Crippen LogP contribution in [0.5, 0.6) is 11.5 Å². The number of alkyl halides is 3. The van der Waals surface area contributed by atoms with Gasteiger partial charge >= 0.3 is 11.9 Å². The number of nitro groups is 1. The van der Waals surface area contributed by atoms with Crippen molar-refractivity contribution in [2.75, 3.05) is 0 Å². The van der Waals surface area contributed by atoms with E-state index in [0.717, 1.165) is 11.0 Å². The maximum absolute atomic E-state index is 13.0. The summed E-state index contributed by atoms with van der Waals surface area (Å²) in [6.07, 6.45) is -4.78. The smallest absolute Gasteiger partial charge is 0.416 e. The van der Waals surface area contributed by atoms with Crippen molar-refractivity contribution in [1.82, 2.24) is 4.90 Å². The number of nitro benzene ring substituents is 1. The molecule has 0 atom stereocenters. The standard InChI is InChI=1S/C22H13F3N2O5/c23-22(24,25)14-9-10-17(16(11-14)27(30)31)32-18-8-4-7-15-19(18)21(29)26(20(15)28)12-13-5-2-1-3-6-13/h1-11H,12H2. The van der Waals surface area contributed by atoms with Gasteiger partial charge in [0.25, 0.3) is 11.8 Å². The Balaban J connectivity index is 1.70. The Morgan fingerprint density at radius 3 is 2.28 bits per heavy atom. The van der Waals surface area contributed by atoms with Crippen LogP contribution in [0.4, 0.5) is 18.9 Å². The second kappa shape index (κ2) is 7.80. The molecule has 0 radical (unpaired) electrons. The lowest BCUT2D eigenvalue weighted by Gasteiger charge is -2.14. The van der Waals surface area contributed by atoms with Crippen molar-refractivity contribution < 1.29 is 32.4 Å². The van der Waals surface area contributed by atoms with Gasteiger partial charge in [0.1, 0.15) is 5.75 Å². The molecule has 3 aromatic carbocycles. The molecule has 32 heavy (non-hydrogen) atoms. The first kappa shape index (κ1) is 21.0. The fraction of sp³-hybridized carbons (Fsp3) is 0.0909. The van der Waals surface area contributed by atoms with Crippen molar-refractivity contribution in [2.24, 2.45) is 0 Å². The molecule has 162 valence electrons. The zero-order valence-electron chi connectivity index (χ0n) is 16.1. The van der Waals surface area contributed by atoms with Crippen molar-refractivity contribution in [3.05, 3.63) is 99.1 Å². The molecule has 0 aromatic heterocycles. The number of fused-ring (bicyclic) bond motifs is 1. The Hall–Kier alpha value is -4.21. The van der Waals surface area contributed by atoms with Crippen LogP contribution in [0.2, 0.25) is 0 Å². The number of hydrogen-bond acceptors (Lipinski definition) is 5. The monoisotopic (exact) mass is 442 g/mol. The maximum Gasteiger partial charge on any atom is 0.416 e. The summed E-state index contributed by atoms with van der Waals surface area (Å²) >= 11 is 0. The van der Waals surface area contributed by atoms with E-state index >= 15 is 0 Å². The van der Waals surface area contributed by atoms with Crippen LogP contribution in [0.25, 0.3) is 0 Å². The summed E-state index contributed by atoms with van der Waals surface area (Å²) in [7, 11) is 0. The van der Waals surface area contributed by atoms with Crippen LogP contribution in [0.1, 0.15) is 31.8 Å². The van der Waals surface area contributed by atoms with Gasteiger partial charge in [-0.25, -0.2) is 0 Å². The van der Waals surface area contributed by atoms with E-state index in [1.165, 1.54) is 18.2 Å². The zero-order valence-corrected chi connectivity index (χ0v) is 16.1. The highest BCUT2D eigenvalue weighted by Gasteiger charge is 2.39. The normalized spacial score (nSPS) is 13.3. The van der Waals surface area contributed by atoms with Gasteiger partial charge in [0.2, 0.25) is 5.75 Å². The quantitative estimate of drug-likeness (QED) is 0.308. The predicted octanol–water partition coefficient (Wildman–Crippen LogP) is 5.20. The Morgan fingerprint density at radius 2 is 1.62 bits per heavy atom. The van der Waals surface area contributed by atoms with Crippen molar-refractivity contribution in [1.29, 1.82) is 0 Å². The lowest BCUT2D eigenvalue weighted by Crippen LogP contribution is -2.29. The van der Waals surface area contributed by atoms with E-state index in [0.29, 0.717) is 17.7 Å². The minimum atomic E-state index is -4.78. The molecule has 1 heterocycles. The van der Waals surface area contributed by atoms with E-state index in [9.17, 15) is 32.9 Å². The summed E-state index contributed by atoms with van der Waals surface area (Å²) in [5, 5.41) is 11.3. The Morgan fingerprint density at radius 1 is 0.906 bits per heavy atom. The molecule has 0 unspecified atom stereocenters. The third-order valence-electron chi connectivity index (χ3n) is 4.85. The topological polar surface area (TPSA) is 89.7 Å². The van der Waals surface area contributed by atoms with Gasteiger partial charge in [-0.05, 0) is 29.8 Å². The number of ether oxygens (including phenoxy) is 1. The van der Waals surface area contributed by atoms with Crippen LogP contribution in [-0.4, -0.2) is 21.6 Å². The molecular weight excluding hydrogens is 429 g/mol. The molecule has 0 N–H and O–H groups in total. The van der Waals surface area contributed by atoms with E-state index in [1.54, 1.807) is 30.3 Å². The van der Waals surface area contributed by atoms with Gasteiger partial charge in [-0.1, -0.05) is 36.4 Å². The van der Waals surface area contributed by atoms with Crippen LogP contribution in [0.3, 0.4) is 0 Å². The lowest BCUT2D eigenvalue weighted by molar-refractivity contribution is -0.385.